The molecule has 33 heavy (non-hydrogen) atoms. The number of methoxy groups -OCH3 is 1. The molecule has 0 unspecified atom stereocenters. The highest BCUT2D eigenvalue weighted by molar-refractivity contribution is 8.00. The number of hydrogen-bond donors (Lipinski definition) is 1. The van der Waals surface area contributed by atoms with E-state index in [0.717, 1.165) is 23.9 Å². The van der Waals surface area contributed by atoms with Crippen molar-refractivity contribution in [3.63, 3.8) is 0 Å². The fourth-order valence-electron chi connectivity index (χ4n) is 3.13. The normalized spacial score (nSPS) is 10.8. The maximum atomic E-state index is 13.3. The molecule has 2 N–H and O–H groups in total. The van der Waals surface area contributed by atoms with Crippen molar-refractivity contribution in [2.75, 3.05) is 18.6 Å². The van der Waals surface area contributed by atoms with Gasteiger partial charge in [0.05, 0.1) is 24.0 Å². The Labute approximate surface area is 191 Å². The van der Waals surface area contributed by atoms with Gasteiger partial charge in [0, 0.05) is 11.1 Å². The van der Waals surface area contributed by atoms with Crippen molar-refractivity contribution in [2.45, 2.75) is 11.2 Å². The molecule has 0 aliphatic heterocycles. The van der Waals surface area contributed by atoms with Gasteiger partial charge >= 0.3 is 6.18 Å². The predicted octanol–water partition coefficient (Wildman–Crippen LogP) is 5.08. The van der Waals surface area contributed by atoms with Crippen LogP contribution in [0.2, 0.25) is 0 Å². The Hall–Kier alpha value is -4.02. The summed E-state index contributed by atoms with van der Waals surface area (Å²) in [5.41, 5.74) is 5.11. The van der Waals surface area contributed by atoms with Gasteiger partial charge in [-0.25, -0.2) is 4.98 Å². The Morgan fingerprint density at radius 1 is 1.09 bits per heavy atom. The predicted molar refractivity (Wildman–Crippen MR) is 117 cm³/mol. The summed E-state index contributed by atoms with van der Waals surface area (Å²) < 4.78 is 44.9. The average Bonchev–Trinajstić information content (AvgIpc) is 2.81. The minimum Gasteiger partial charge on any atom is -0.497 e. The number of hydrogen-bond acceptors (Lipinski definition) is 7. The summed E-state index contributed by atoms with van der Waals surface area (Å²) in [6.45, 7) is 0. The number of Topliss-reactive ketones (excluding diaryl/α,β-unsaturated/α-hetero) is 1. The van der Waals surface area contributed by atoms with Gasteiger partial charge in [-0.15, -0.1) is 0 Å². The van der Waals surface area contributed by atoms with Gasteiger partial charge in [-0.1, -0.05) is 42.1 Å². The van der Waals surface area contributed by atoms with Crippen molar-refractivity contribution in [3.05, 3.63) is 70.8 Å². The van der Waals surface area contributed by atoms with Crippen LogP contribution in [0.4, 0.5) is 19.0 Å². The summed E-state index contributed by atoms with van der Waals surface area (Å²) in [5.74, 6) is -0.802. The first-order valence-electron chi connectivity index (χ1n) is 9.31. The Morgan fingerprint density at radius 2 is 1.73 bits per heavy atom. The summed E-state index contributed by atoms with van der Waals surface area (Å²) in [6, 6.07) is 14.9. The molecular formula is C23H15F3N4O2S. The summed E-state index contributed by atoms with van der Waals surface area (Å²) in [6.07, 6.45) is -4.69. The van der Waals surface area contributed by atoms with Crippen molar-refractivity contribution in [3.8, 4) is 29.0 Å². The lowest BCUT2D eigenvalue weighted by atomic mass is 9.97. The number of nitriles is 2. The van der Waals surface area contributed by atoms with Crippen LogP contribution < -0.4 is 10.5 Å². The molecule has 0 amide bonds. The van der Waals surface area contributed by atoms with Crippen molar-refractivity contribution in [1.29, 1.82) is 10.5 Å². The quantitative estimate of drug-likeness (QED) is 0.397. The van der Waals surface area contributed by atoms with Crippen LogP contribution in [0.15, 0.2) is 53.6 Å². The van der Waals surface area contributed by atoms with Gasteiger partial charge < -0.3 is 10.5 Å². The van der Waals surface area contributed by atoms with Gasteiger partial charge in [-0.2, -0.15) is 23.7 Å². The first kappa shape index (κ1) is 23.6. The number of carbonyl (C=O) groups is 1. The van der Waals surface area contributed by atoms with E-state index >= 15 is 0 Å². The third-order valence-electron chi connectivity index (χ3n) is 4.67. The summed E-state index contributed by atoms with van der Waals surface area (Å²) in [7, 11) is 1.49. The number of nitrogen functional groups attached to an aromatic ring is 1. The second-order valence-corrected chi connectivity index (χ2v) is 7.60. The van der Waals surface area contributed by atoms with E-state index in [-0.39, 0.29) is 27.5 Å². The maximum absolute atomic E-state index is 13.3. The molecule has 0 fully saturated rings. The van der Waals surface area contributed by atoms with Crippen LogP contribution in [0.3, 0.4) is 0 Å². The fourth-order valence-corrected chi connectivity index (χ4v) is 4.01. The number of ketones is 1. The Morgan fingerprint density at radius 3 is 2.30 bits per heavy atom. The number of ether oxygens (including phenoxy) is 1. The highest BCUT2D eigenvalue weighted by atomic mass is 32.2. The van der Waals surface area contributed by atoms with Gasteiger partial charge in [0.1, 0.15) is 34.3 Å². The minimum atomic E-state index is -4.69. The lowest BCUT2D eigenvalue weighted by Gasteiger charge is -2.14. The van der Waals surface area contributed by atoms with Gasteiger partial charge in [-0.05, 0) is 23.8 Å². The highest BCUT2D eigenvalue weighted by Crippen LogP contribution is 2.37. The number of rotatable bonds is 6. The number of benzene rings is 2. The van der Waals surface area contributed by atoms with E-state index in [1.54, 1.807) is 24.3 Å². The molecule has 166 valence electrons. The van der Waals surface area contributed by atoms with E-state index in [2.05, 4.69) is 4.98 Å². The average molecular weight is 468 g/mol. The minimum absolute atomic E-state index is 0.00665. The lowest BCUT2D eigenvalue weighted by molar-refractivity contribution is -0.137. The van der Waals surface area contributed by atoms with Crippen molar-refractivity contribution in [2.24, 2.45) is 0 Å². The standard InChI is InChI=1S/C23H15F3N4O2S/c1-32-14-8-6-13(7-9-14)20-16(10-27)21(29)30-22(17(20)11-28)33-12-19(31)15-4-2-3-5-18(15)23(24,25)26/h2-9H,12H2,1H3,(H2,29,30). The van der Waals surface area contributed by atoms with Crippen molar-refractivity contribution in [1.82, 2.24) is 4.98 Å². The lowest BCUT2D eigenvalue weighted by Crippen LogP contribution is -2.14. The van der Waals surface area contributed by atoms with E-state index in [1.807, 2.05) is 12.1 Å². The summed E-state index contributed by atoms with van der Waals surface area (Å²) >= 11 is 0.779. The van der Waals surface area contributed by atoms with Crippen LogP contribution in [0.1, 0.15) is 27.0 Å². The molecular weight excluding hydrogens is 453 g/mol. The van der Waals surface area contributed by atoms with E-state index < -0.39 is 28.8 Å². The molecule has 0 aliphatic rings. The molecule has 0 bridgehead atoms. The molecule has 1 heterocycles. The van der Waals surface area contributed by atoms with E-state index in [9.17, 15) is 28.5 Å². The highest BCUT2D eigenvalue weighted by Gasteiger charge is 2.34. The van der Waals surface area contributed by atoms with Crippen LogP contribution in [0, 0.1) is 22.7 Å². The zero-order valence-electron chi connectivity index (χ0n) is 17.1. The van der Waals surface area contributed by atoms with Gasteiger partial charge in [0.2, 0.25) is 0 Å². The number of anilines is 1. The summed E-state index contributed by atoms with van der Waals surface area (Å²) in [5, 5.41) is 19.4. The molecule has 10 heteroatoms. The largest absolute Gasteiger partial charge is 0.497 e. The van der Waals surface area contributed by atoms with Crippen molar-refractivity contribution >= 4 is 23.4 Å². The first-order chi connectivity index (χ1) is 15.7. The van der Waals surface area contributed by atoms with Crippen LogP contribution in [0.5, 0.6) is 5.75 Å². The number of nitrogens with two attached hydrogens (primary N) is 1. The fraction of sp³-hybridized carbons (Fsp3) is 0.130. The number of alkyl halides is 3. The van der Waals surface area contributed by atoms with Crippen molar-refractivity contribution < 1.29 is 22.7 Å². The number of nitrogens with zero attached hydrogens (tertiary/aromatic N) is 3. The van der Waals surface area contributed by atoms with E-state index in [4.69, 9.17) is 10.5 Å². The number of thioether (sulfide) groups is 1. The molecule has 3 rings (SSSR count). The second kappa shape index (κ2) is 9.63. The Balaban J connectivity index is 2.02. The molecule has 0 spiro atoms. The molecule has 0 saturated carbocycles. The van der Waals surface area contributed by atoms with Crippen LogP contribution in [-0.2, 0) is 6.18 Å². The van der Waals surface area contributed by atoms with E-state index in [1.165, 1.54) is 19.2 Å². The van der Waals surface area contributed by atoms with E-state index in [0.29, 0.717) is 11.3 Å². The molecule has 0 saturated heterocycles. The SMILES string of the molecule is COc1ccc(-c2c(C#N)c(N)nc(SCC(=O)c3ccccc3C(F)(F)F)c2C#N)cc1. The molecule has 6 nitrogen and oxygen atoms in total. The third-order valence-corrected chi connectivity index (χ3v) is 5.64. The Kier molecular flexibility index (Phi) is 6.90. The number of pyridine rings is 1. The smallest absolute Gasteiger partial charge is 0.417 e. The maximum Gasteiger partial charge on any atom is 0.417 e. The number of halogens is 3. The second-order valence-electron chi connectivity index (χ2n) is 6.63. The number of aromatic nitrogens is 1. The third kappa shape index (κ3) is 4.92. The van der Waals surface area contributed by atoms with Crippen LogP contribution in [0.25, 0.3) is 11.1 Å². The zero-order chi connectivity index (χ0) is 24.2. The van der Waals surface area contributed by atoms with Gasteiger partial charge in [0.15, 0.2) is 5.78 Å². The molecule has 0 atom stereocenters. The molecule has 0 radical (unpaired) electrons. The zero-order valence-corrected chi connectivity index (χ0v) is 17.9. The first-order valence-corrected chi connectivity index (χ1v) is 10.3. The van der Waals surface area contributed by atoms with Gasteiger partial charge in [-0.3, -0.25) is 4.79 Å². The topological polar surface area (TPSA) is 113 Å². The molecule has 3 aromatic rings. The molecule has 2 aromatic carbocycles. The summed E-state index contributed by atoms with van der Waals surface area (Å²) in [4.78, 5) is 16.7. The molecule has 1 aromatic heterocycles. The van der Waals surface area contributed by atoms with Gasteiger partial charge in [0.25, 0.3) is 0 Å². The van der Waals surface area contributed by atoms with Crippen LogP contribution in [-0.4, -0.2) is 23.6 Å². The molecule has 0 aliphatic carbocycles. The van der Waals surface area contributed by atoms with Crippen LogP contribution >= 0.6 is 11.8 Å². The monoisotopic (exact) mass is 468 g/mol. The Bertz CT molecular complexity index is 1290. The number of carbonyl (C=O) groups excluding carboxylic acids is 1.